The fourth-order valence-electron chi connectivity index (χ4n) is 1.22. The zero-order valence-corrected chi connectivity index (χ0v) is 8.85. The molecule has 0 saturated heterocycles. The van der Waals surface area contributed by atoms with Gasteiger partial charge in [-0.05, 0) is 12.8 Å². The third kappa shape index (κ3) is 5.30. The Balaban J connectivity index is 3.95. The van der Waals surface area contributed by atoms with Gasteiger partial charge in [-0.25, -0.2) is 0 Å². The molecular weight excluding hydrogens is 150 g/mol. The smallest absolute Gasteiger partial charge is 0.131 e. The molecule has 0 unspecified atom stereocenters. The summed E-state index contributed by atoms with van der Waals surface area (Å²) in [4.78, 5) is 10.9. The quantitative estimate of drug-likeness (QED) is 0.685. The molecule has 0 aromatic heterocycles. The number of hydrogen-bond donors (Lipinski definition) is 1. The van der Waals surface area contributed by atoms with Crippen LogP contribution in [0.1, 0.15) is 41.0 Å². The molecule has 0 saturated carbocycles. The first-order chi connectivity index (χ1) is 5.43. The largest absolute Gasteiger partial charge is 0.311 e. The molecule has 12 heavy (non-hydrogen) atoms. The topological polar surface area (TPSA) is 29.1 Å². The Morgan fingerprint density at radius 2 is 1.75 bits per heavy atom. The molecule has 0 aliphatic carbocycles. The number of carbonyl (C=O) groups excluding carboxylic acids is 1. The van der Waals surface area contributed by atoms with Crippen molar-refractivity contribution >= 4 is 5.78 Å². The second kappa shape index (κ2) is 5.31. The summed E-state index contributed by atoms with van der Waals surface area (Å²) < 4.78 is 0. The first kappa shape index (κ1) is 11.6. The van der Waals surface area contributed by atoms with Crippen molar-refractivity contribution in [3.8, 4) is 0 Å². The summed E-state index contributed by atoms with van der Waals surface area (Å²) in [5, 5.41) is 3.39. The fraction of sp³-hybridized carbons (Fsp3) is 0.900. The third-order valence-electron chi connectivity index (χ3n) is 1.86. The zero-order valence-electron chi connectivity index (χ0n) is 8.85. The predicted octanol–water partition coefficient (Wildman–Crippen LogP) is 1.99. The SMILES string of the molecule is CC(=O)C[C@H](NC(C)C)C(C)C. The lowest BCUT2D eigenvalue weighted by molar-refractivity contribution is -0.117. The maximum Gasteiger partial charge on any atom is 0.131 e. The van der Waals surface area contributed by atoms with Crippen LogP contribution < -0.4 is 5.32 Å². The van der Waals surface area contributed by atoms with Crippen molar-refractivity contribution in [1.82, 2.24) is 5.32 Å². The van der Waals surface area contributed by atoms with Gasteiger partial charge in [-0.15, -0.1) is 0 Å². The molecule has 0 rings (SSSR count). The van der Waals surface area contributed by atoms with Gasteiger partial charge in [-0.3, -0.25) is 4.79 Å². The van der Waals surface area contributed by atoms with Crippen LogP contribution >= 0.6 is 0 Å². The molecule has 1 N–H and O–H groups in total. The van der Waals surface area contributed by atoms with E-state index >= 15 is 0 Å². The molecule has 0 radical (unpaired) electrons. The number of carbonyl (C=O) groups is 1. The Bertz CT molecular complexity index is 141. The molecule has 1 atom stereocenters. The van der Waals surface area contributed by atoms with Gasteiger partial charge >= 0.3 is 0 Å². The maximum absolute atomic E-state index is 10.9. The highest BCUT2D eigenvalue weighted by Crippen LogP contribution is 2.07. The Kier molecular flexibility index (Phi) is 5.14. The van der Waals surface area contributed by atoms with E-state index in [2.05, 4.69) is 33.0 Å². The van der Waals surface area contributed by atoms with Gasteiger partial charge in [0.15, 0.2) is 0 Å². The zero-order chi connectivity index (χ0) is 9.72. The summed E-state index contributed by atoms with van der Waals surface area (Å²) in [6.07, 6.45) is 0.649. The Morgan fingerprint density at radius 3 is 2.00 bits per heavy atom. The standard InChI is InChI=1S/C10H21NO/c1-7(2)10(6-9(5)12)11-8(3)4/h7-8,10-11H,6H2,1-5H3/t10-/m0/s1. The molecule has 0 aromatic rings. The molecule has 2 heteroatoms. The Labute approximate surface area is 75.7 Å². The Morgan fingerprint density at radius 1 is 1.25 bits per heavy atom. The van der Waals surface area contributed by atoms with Crippen molar-refractivity contribution in [2.45, 2.75) is 53.1 Å². The first-order valence-corrected chi connectivity index (χ1v) is 4.69. The van der Waals surface area contributed by atoms with Gasteiger partial charge in [0.25, 0.3) is 0 Å². The number of nitrogens with one attached hydrogen (secondary N) is 1. The van der Waals surface area contributed by atoms with Crippen LogP contribution in [0.3, 0.4) is 0 Å². The van der Waals surface area contributed by atoms with Gasteiger partial charge < -0.3 is 5.32 Å². The average molecular weight is 171 g/mol. The van der Waals surface area contributed by atoms with E-state index in [1.54, 1.807) is 6.92 Å². The van der Waals surface area contributed by atoms with Crippen LogP contribution in [0, 0.1) is 5.92 Å². The summed E-state index contributed by atoms with van der Waals surface area (Å²) in [5.74, 6) is 0.790. The number of Topliss-reactive ketones (excluding diaryl/α,β-unsaturated/α-hetero) is 1. The molecule has 0 aromatic carbocycles. The van der Waals surface area contributed by atoms with Crippen molar-refractivity contribution in [3.63, 3.8) is 0 Å². The predicted molar refractivity (Wildman–Crippen MR) is 52.2 cm³/mol. The van der Waals surface area contributed by atoms with Gasteiger partial charge in [-0.2, -0.15) is 0 Å². The van der Waals surface area contributed by atoms with E-state index in [4.69, 9.17) is 0 Å². The van der Waals surface area contributed by atoms with E-state index in [9.17, 15) is 4.79 Å². The average Bonchev–Trinajstić information content (AvgIpc) is 1.83. The highest BCUT2D eigenvalue weighted by molar-refractivity contribution is 5.76. The second-order valence-electron chi connectivity index (χ2n) is 4.08. The summed E-state index contributed by atoms with van der Waals surface area (Å²) in [6, 6.07) is 0.791. The minimum absolute atomic E-state index is 0.266. The fourth-order valence-corrected chi connectivity index (χ4v) is 1.22. The normalized spacial score (nSPS) is 13.9. The summed E-state index contributed by atoms with van der Waals surface area (Å²) in [5.41, 5.74) is 0. The Hall–Kier alpha value is -0.370. The highest BCUT2D eigenvalue weighted by Gasteiger charge is 2.15. The number of ketones is 1. The van der Waals surface area contributed by atoms with Crippen LogP contribution in [0.25, 0.3) is 0 Å². The summed E-state index contributed by atoms with van der Waals surface area (Å²) in [6.45, 7) is 10.1. The third-order valence-corrected chi connectivity index (χ3v) is 1.86. The number of rotatable bonds is 5. The van der Waals surface area contributed by atoms with E-state index in [1.165, 1.54) is 0 Å². The van der Waals surface area contributed by atoms with Crippen LogP contribution in [0.15, 0.2) is 0 Å². The van der Waals surface area contributed by atoms with Crippen LogP contribution in [0.5, 0.6) is 0 Å². The van der Waals surface area contributed by atoms with Gasteiger partial charge in [0.1, 0.15) is 5.78 Å². The number of hydrogen-bond acceptors (Lipinski definition) is 2. The monoisotopic (exact) mass is 171 g/mol. The molecule has 72 valence electrons. The van der Waals surface area contributed by atoms with Gasteiger partial charge in [-0.1, -0.05) is 27.7 Å². The lowest BCUT2D eigenvalue weighted by atomic mass is 9.98. The second-order valence-corrected chi connectivity index (χ2v) is 4.08. The maximum atomic E-state index is 10.9. The lowest BCUT2D eigenvalue weighted by Gasteiger charge is -2.23. The molecular formula is C10H21NO. The molecule has 0 spiro atoms. The van der Waals surface area contributed by atoms with Gasteiger partial charge in [0.05, 0.1) is 0 Å². The highest BCUT2D eigenvalue weighted by atomic mass is 16.1. The van der Waals surface area contributed by atoms with E-state index < -0.39 is 0 Å². The molecule has 0 amide bonds. The first-order valence-electron chi connectivity index (χ1n) is 4.69. The van der Waals surface area contributed by atoms with Crippen LogP contribution in [-0.4, -0.2) is 17.9 Å². The minimum Gasteiger partial charge on any atom is -0.311 e. The molecule has 0 heterocycles. The van der Waals surface area contributed by atoms with Crippen molar-refractivity contribution in [1.29, 1.82) is 0 Å². The van der Waals surface area contributed by atoms with Gasteiger partial charge in [0, 0.05) is 18.5 Å². The van der Waals surface area contributed by atoms with Crippen molar-refractivity contribution in [2.75, 3.05) is 0 Å². The van der Waals surface area contributed by atoms with Crippen LogP contribution in [0.2, 0.25) is 0 Å². The lowest BCUT2D eigenvalue weighted by Crippen LogP contribution is -2.39. The van der Waals surface area contributed by atoms with Crippen LogP contribution in [0.4, 0.5) is 0 Å². The molecule has 0 fully saturated rings. The molecule has 2 nitrogen and oxygen atoms in total. The van der Waals surface area contributed by atoms with Crippen molar-refractivity contribution in [3.05, 3.63) is 0 Å². The van der Waals surface area contributed by atoms with E-state index in [0.29, 0.717) is 24.4 Å². The molecule has 0 aliphatic heterocycles. The van der Waals surface area contributed by atoms with Crippen LogP contribution in [-0.2, 0) is 4.79 Å². The molecule has 0 aliphatic rings. The summed E-state index contributed by atoms with van der Waals surface area (Å²) >= 11 is 0. The van der Waals surface area contributed by atoms with E-state index in [1.807, 2.05) is 0 Å². The minimum atomic E-state index is 0.266. The molecule has 0 bridgehead atoms. The van der Waals surface area contributed by atoms with E-state index in [-0.39, 0.29) is 5.78 Å². The van der Waals surface area contributed by atoms with Crippen molar-refractivity contribution in [2.24, 2.45) is 5.92 Å². The van der Waals surface area contributed by atoms with Gasteiger partial charge in [0.2, 0.25) is 0 Å². The summed E-state index contributed by atoms with van der Waals surface area (Å²) in [7, 11) is 0. The van der Waals surface area contributed by atoms with E-state index in [0.717, 1.165) is 0 Å². The van der Waals surface area contributed by atoms with Crippen molar-refractivity contribution < 1.29 is 4.79 Å².